The van der Waals surface area contributed by atoms with Crippen LogP contribution in [0.25, 0.3) is 0 Å². The molecule has 2 saturated heterocycles. The zero-order chi connectivity index (χ0) is 34.6. The summed E-state index contributed by atoms with van der Waals surface area (Å²) in [7, 11) is 0. The molecule has 11 nitrogen and oxygen atoms in total. The number of halogens is 1. The number of amides is 2. The monoisotopic (exact) mass is 677 g/mol. The predicted octanol–water partition coefficient (Wildman–Crippen LogP) is 5.61. The first kappa shape index (κ1) is 34.3. The molecule has 12 heteroatoms. The number of anilines is 1. The average Bonchev–Trinajstić information content (AvgIpc) is 3.33. The number of nitriles is 1. The number of carbonyl (C=O) groups is 2. The molecular formula is C36H48ClN7O4. The fraction of sp³-hybridized carbons (Fsp3) is 0.639. The minimum Gasteiger partial charge on any atom is -0.489 e. The summed E-state index contributed by atoms with van der Waals surface area (Å²) < 4.78 is 12.0. The van der Waals surface area contributed by atoms with Gasteiger partial charge in [0, 0.05) is 68.8 Å². The molecule has 258 valence electrons. The van der Waals surface area contributed by atoms with Crippen molar-refractivity contribution in [1.82, 2.24) is 24.7 Å². The van der Waals surface area contributed by atoms with Crippen molar-refractivity contribution in [2.45, 2.75) is 85.6 Å². The summed E-state index contributed by atoms with van der Waals surface area (Å²) in [5, 5.41) is 9.59. The Labute approximate surface area is 289 Å². The van der Waals surface area contributed by atoms with Crippen LogP contribution in [0.3, 0.4) is 0 Å². The van der Waals surface area contributed by atoms with Gasteiger partial charge < -0.3 is 24.2 Å². The third kappa shape index (κ3) is 6.53. The molecule has 1 aromatic heterocycles. The van der Waals surface area contributed by atoms with Crippen LogP contribution in [0, 0.1) is 28.1 Å². The number of hydrogen-bond acceptors (Lipinski definition) is 9. The van der Waals surface area contributed by atoms with E-state index in [0.717, 1.165) is 57.1 Å². The number of ether oxygens (including phenoxy) is 2. The number of piperidine rings is 1. The molecule has 48 heavy (non-hydrogen) atoms. The van der Waals surface area contributed by atoms with Crippen molar-refractivity contribution in [3.05, 3.63) is 46.4 Å². The Morgan fingerprint density at radius 3 is 2.33 bits per heavy atom. The standard InChI is InChI=1S/C36H48ClN7O4/c1-34(2,3)48-33(46)43-16-14-41(15-17-43)21-23-10-12-42(13-11-23)28-20-39-29-27(40-28)22-44(30(29)45)31-35(4,5)32(36(31,6)7)47-25-9-8-24(19-38)26(37)18-25/h8-9,18,20,23,31-32H,10-17,21-22H2,1-7H3/t31-,32-. The van der Waals surface area contributed by atoms with Gasteiger partial charge in [-0.15, -0.1) is 0 Å². The van der Waals surface area contributed by atoms with Crippen molar-refractivity contribution in [1.29, 1.82) is 5.26 Å². The van der Waals surface area contributed by atoms with E-state index in [9.17, 15) is 14.9 Å². The van der Waals surface area contributed by atoms with E-state index in [0.29, 0.717) is 47.6 Å². The summed E-state index contributed by atoms with van der Waals surface area (Å²) in [5.41, 5.74) is 0.397. The fourth-order valence-corrected chi connectivity index (χ4v) is 8.81. The highest BCUT2D eigenvalue weighted by molar-refractivity contribution is 6.31. The van der Waals surface area contributed by atoms with Gasteiger partial charge in [0.25, 0.3) is 5.91 Å². The van der Waals surface area contributed by atoms with Crippen molar-refractivity contribution in [2.24, 2.45) is 16.7 Å². The highest BCUT2D eigenvalue weighted by atomic mass is 35.5. The van der Waals surface area contributed by atoms with Crippen LogP contribution in [-0.2, 0) is 11.3 Å². The lowest BCUT2D eigenvalue weighted by atomic mass is 9.49. The van der Waals surface area contributed by atoms with Crippen molar-refractivity contribution >= 4 is 29.4 Å². The molecule has 0 bridgehead atoms. The van der Waals surface area contributed by atoms with Gasteiger partial charge in [-0.2, -0.15) is 5.26 Å². The van der Waals surface area contributed by atoms with Gasteiger partial charge in [-0.1, -0.05) is 39.3 Å². The normalized spacial score (nSPS) is 24.1. The Morgan fingerprint density at radius 2 is 1.73 bits per heavy atom. The molecule has 3 aliphatic heterocycles. The molecule has 0 N–H and O–H groups in total. The van der Waals surface area contributed by atoms with E-state index in [1.165, 1.54) is 0 Å². The van der Waals surface area contributed by atoms with Crippen LogP contribution in [0.15, 0.2) is 24.4 Å². The summed E-state index contributed by atoms with van der Waals surface area (Å²) in [6.07, 6.45) is 3.48. The molecule has 0 spiro atoms. The molecule has 4 heterocycles. The molecule has 1 saturated carbocycles. The van der Waals surface area contributed by atoms with Crippen molar-refractivity contribution < 1.29 is 19.1 Å². The van der Waals surface area contributed by atoms with Crippen molar-refractivity contribution in [2.75, 3.05) is 50.7 Å². The first-order valence-electron chi connectivity index (χ1n) is 17.1. The molecule has 2 amide bonds. The highest BCUT2D eigenvalue weighted by Crippen LogP contribution is 2.59. The number of benzene rings is 1. The van der Waals surface area contributed by atoms with E-state index in [1.54, 1.807) is 24.4 Å². The van der Waals surface area contributed by atoms with Gasteiger partial charge in [-0.05, 0) is 51.7 Å². The SMILES string of the molecule is CC(C)(C)OC(=O)N1CCN(CC2CCN(c3cnc4c(n3)CN([C@H]3C(C)(C)[C@H](Oc5ccc(C#N)c(Cl)c5)C3(C)C)C4=O)CC2)CC1. The van der Waals surface area contributed by atoms with Gasteiger partial charge in [0.05, 0.1) is 29.0 Å². The molecule has 4 aliphatic rings. The zero-order valence-electron chi connectivity index (χ0n) is 29.3. The number of fused-ring (bicyclic) bond motifs is 1. The second-order valence-electron chi connectivity index (χ2n) is 16.0. The Balaban J connectivity index is 1.03. The molecular weight excluding hydrogens is 630 g/mol. The number of rotatable bonds is 6. The lowest BCUT2D eigenvalue weighted by Crippen LogP contribution is -2.74. The number of hydrogen-bond donors (Lipinski definition) is 0. The lowest BCUT2D eigenvalue weighted by Gasteiger charge is -2.65. The maximum absolute atomic E-state index is 13.7. The van der Waals surface area contributed by atoms with E-state index < -0.39 is 5.60 Å². The van der Waals surface area contributed by atoms with Crippen LogP contribution in [-0.4, -0.2) is 100 Å². The largest absolute Gasteiger partial charge is 0.489 e. The second-order valence-corrected chi connectivity index (χ2v) is 16.4. The second kappa shape index (κ2) is 12.7. The van der Waals surface area contributed by atoms with Crippen LogP contribution in [0.5, 0.6) is 5.75 Å². The molecule has 1 aromatic carbocycles. The minimum atomic E-state index is -0.478. The third-order valence-electron chi connectivity index (χ3n) is 10.5. The van der Waals surface area contributed by atoms with Gasteiger partial charge in [-0.25, -0.2) is 14.8 Å². The first-order chi connectivity index (χ1) is 22.6. The van der Waals surface area contributed by atoms with E-state index in [-0.39, 0.29) is 35.0 Å². The number of carbonyl (C=O) groups excluding carboxylic acids is 2. The average molecular weight is 678 g/mol. The molecule has 1 aliphatic carbocycles. The van der Waals surface area contributed by atoms with E-state index >= 15 is 0 Å². The first-order valence-corrected chi connectivity index (χ1v) is 17.4. The van der Waals surface area contributed by atoms with Crippen LogP contribution >= 0.6 is 11.6 Å². The molecule has 0 radical (unpaired) electrons. The topological polar surface area (TPSA) is 115 Å². The van der Waals surface area contributed by atoms with Crippen LogP contribution in [0.4, 0.5) is 10.6 Å². The van der Waals surface area contributed by atoms with Gasteiger partial charge in [0.2, 0.25) is 0 Å². The predicted molar refractivity (Wildman–Crippen MR) is 183 cm³/mol. The molecule has 6 rings (SSSR count). The fourth-order valence-electron chi connectivity index (χ4n) is 8.60. The molecule has 0 unspecified atom stereocenters. The van der Waals surface area contributed by atoms with Crippen LogP contribution < -0.4 is 9.64 Å². The maximum atomic E-state index is 13.7. The summed E-state index contributed by atoms with van der Waals surface area (Å²) in [5.74, 6) is 1.95. The van der Waals surface area contributed by atoms with E-state index in [1.807, 2.05) is 30.6 Å². The highest BCUT2D eigenvalue weighted by Gasteiger charge is 2.67. The molecule has 2 aromatic rings. The summed E-state index contributed by atoms with van der Waals surface area (Å²) >= 11 is 6.27. The molecule has 0 atom stereocenters. The Hall–Kier alpha value is -3.62. The van der Waals surface area contributed by atoms with Crippen LogP contribution in [0.1, 0.15) is 83.1 Å². The quantitative estimate of drug-likeness (QED) is 0.385. The van der Waals surface area contributed by atoms with Crippen molar-refractivity contribution in [3.63, 3.8) is 0 Å². The molecule has 3 fully saturated rings. The number of nitrogens with zero attached hydrogens (tertiary/aromatic N) is 7. The van der Waals surface area contributed by atoms with E-state index in [4.69, 9.17) is 26.1 Å². The van der Waals surface area contributed by atoms with Gasteiger partial charge in [-0.3, -0.25) is 9.69 Å². The Bertz CT molecular complexity index is 1580. The third-order valence-corrected chi connectivity index (χ3v) is 10.8. The van der Waals surface area contributed by atoms with E-state index in [2.05, 4.69) is 48.5 Å². The minimum absolute atomic E-state index is 0.0828. The Morgan fingerprint density at radius 1 is 1.06 bits per heavy atom. The Kier molecular flexibility index (Phi) is 9.05. The van der Waals surface area contributed by atoms with Crippen LogP contribution in [0.2, 0.25) is 5.02 Å². The van der Waals surface area contributed by atoms with Gasteiger partial charge >= 0.3 is 6.09 Å². The summed E-state index contributed by atoms with van der Waals surface area (Å²) in [6.45, 7) is 20.6. The maximum Gasteiger partial charge on any atom is 0.410 e. The zero-order valence-corrected chi connectivity index (χ0v) is 30.0. The summed E-state index contributed by atoms with van der Waals surface area (Å²) in [4.78, 5) is 44.3. The number of piperazine rings is 1. The van der Waals surface area contributed by atoms with Gasteiger partial charge in [0.15, 0.2) is 5.69 Å². The van der Waals surface area contributed by atoms with Gasteiger partial charge in [0.1, 0.15) is 29.3 Å². The number of aromatic nitrogens is 2. The summed E-state index contributed by atoms with van der Waals surface area (Å²) in [6, 6.07) is 7.12. The van der Waals surface area contributed by atoms with Crippen molar-refractivity contribution in [3.8, 4) is 11.8 Å². The lowest BCUT2D eigenvalue weighted by molar-refractivity contribution is -0.199. The smallest absolute Gasteiger partial charge is 0.410 e.